The summed E-state index contributed by atoms with van der Waals surface area (Å²) in [5, 5.41) is 7.40. The molecule has 0 aromatic heterocycles. The number of nitrogens with one attached hydrogen (secondary N) is 2. The first-order valence-corrected chi connectivity index (χ1v) is 4.02. The van der Waals surface area contributed by atoms with Gasteiger partial charge in [0.25, 0.3) is 0 Å². The van der Waals surface area contributed by atoms with Gasteiger partial charge in [0, 0.05) is 25.2 Å². The molecular formula is C8H15N3O. The largest absolute Gasteiger partial charge is 0.357 e. The lowest BCUT2D eigenvalue weighted by Crippen LogP contribution is -2.34. The topological polar surface area (TPSA) is 48.4 Å². The molecule has 0 saturated carbocycles. The van der Waals surface area contributed by atoms with E-state index in [1.165, 1.54) is 0 Å². The van der Waals surface area contributed by atoms with E-state index in [2.05, 4.69) is 5.48 Å². The Balaban J connectivity index is 2.42. The number of rotatable bonds is 2. The molecule has 0 unspecified atom stereocenters. The van der Waals surface area contributed by atoms with Crippen LogP contribution in [0.25, 0.3) is 0 Å². The van der Waals surface area contributed by atoms with Gasteiger partial charge in [-0.25, -0.2) is 0 Å². The average Bonchev–Trinajstić information content (AvgIpc) is 2.06. The van der Waals surface area contributed by atoms with Gasteiger partial charge in [0.15, 0.2) is 0 Å². The highest BCUT2D eigenvalue weighted by Crippen LogP contribution is 2.07. The van der Waals surface area contributed by atoms with E-state index in [9.17, 15) is 0 Å². The SMILES string of the molecule is CONC1=CCN(C(C)=N)CC1. The van der Waals surface area contributed by atoms with E-state index >= 15 is 0 Å². The summed E-state index contributed by atoms with van der Waals surface area (Å²) >= 11 is 0. The molecule has 12 heavy (non-hydrogen) atoms. The van der Waals surface area contributed by atoms with Gasteiger partial charge in [-0.1, -0.05) is 0 Å². The molecule has 4 heteroatoms. The third-order valence-corrected chi connectivity index (χ3v) is 1.92. The molecule has 0 amide bonds. The lowest BCUT2D eigenvalue weighted by Gasteiger charge is -2.26. The van der Waals surface area contributed by atoms with E-state index in [4.69, 9.17) is 10.2 Å². The van der Waals surface area contributed by atoms with Crippen LogP contribution in [0, 0.1) is 5.41 Å². The second-order valence-electron chi connectivity index (χ2n) is 2.82. The zero-order chi connectivity index (χ0) is 8.97. The van der Waals surface area contributed by atoms with Crippen LogP contribution in [0.3, 0.4) is 0 Å². The van der Waals surface area contributed by atoms with Crippen molar-refractivity contribution in [1.82, 2.24) is 10.4 Å². The molecule has 0 bridgehead atoms. The Kier molecular flexibility index (Phi) is 3.10. The molecule has 68 valence electrons. The van der Waals surface area contributed by atoms with Crippen LogP contribution in [0.15, 0.2) is 11.8 Å². The highest BCUT2D eigenvalue weighted by atomic mass is 16.6. The number of hydrogen-bond acceptors (Lipinski definition) is 3. The molecular weight excluding hydrogens is 154 g/mol. The molecule has 0 aromatic carbocycles. The van der Waals surface area contributed by atoms with Gasteiger partial charge in [0.1, 0.15) is 0 Å². The zero-order valence-electron chi connectivity index (χ0n) is 7.55. The monoisotopic (exact) mass is 169 g/mol. The standard InChI is InChI=1S/C8H15N3O/c1-7(9)11-5-3-8(4-6-11)10-12-2/h3,9-10H,4-6H2,1-2H3. The minimum atomic E-state index is 0.628. The van der Waals surface area contributed by atoms with E-state index in [0.717, 1.165) is 25.2 Å². The van der Waals surface area contributed by atoms with Crippen molar-refractivity contribution in [3.05, 3.63) is 11.8 Å². The Morgan fingerprint density at radius 2 is 2.50 bits per heavy atom. The van der Waals surface area contributed by atoms with Crippen LogP contribution in [0.1, 0.15) is 13.3 Å². The Bertz CT molecular complexity index is 200. The van der Waals surface area contributed by atoms with Crippen LogP contribution >= 0.6 is 0 Å². The van der Waals surface area contributed by atoms with Crippen molar-refractivity contribution in [2.45, 2.75) is 13.3 Å². The summed E-state index contributed by atoms with van der Waals surface area (Å²) in [5.41, 5.74) is 3.91. The summed E-state index contributed by atoms with van der Waals surface area (Å²) in [6, 6.07) is 0. The molecule has 0 saturated heterocycles. The molecule has 1 rings (SSSR count). The molecule has 1 aliphatic rings. The minimum Gasteiger partial charge on any atom is -0.357 e. The Labute approximate surface area is 72.7 Å². The van der Waals surface area contributed by atoms with Crippen molar-refractivity contribution in [2.24, 2.45) is 0 Å². The van der Waals surface area contributed by atoms with E-state index < -0.39 is 0 Å². The van der Waals surface area contributed by atoms with Crippen molar-refractivity contribution < 1.29 is 4.84 Å². The molecule has 4 nitrogen and oxygen atoms in total. The highest BCUT2D eigenvalue weighted by molar-refractivity contribution is 5.76. The summed E-state index contributed by atoms with van der Waals surface area (Å²) in [7, 11) is 1.61. The van der Waals surface area contributed by atoms with E-state index in [1.54, 1.807) is 7.11 Å². The molecule has 1 heterocycles. The maximum atomic E-state index is 7.40. The molecule has 1 aliphatic heterocycles. The van der Waals surface area contributed by atoms with Crippen LogP contribution in [-0.2, 0) is 4.84 Å². The predicted octanol–water partition coefficient (Wildman–Crippen LogP) is 0.724. The average molecular weight is 169 g/mol. The number of hydrogen-bond donors (Lipinski definition) is 2. The lowest BCUT2D eigenvalue weighted by molar-refractivity contribution is 0.112. The Morgan fingerprint density at radius 3 is 2.92 bits per heavy atom. The van der Waals surface area contributed by atoms with Gasteiger partial charge in [-0.2, -0.15) is 0 Å². The number of nitrogens with zero attached hydrogens (tertiary/aromatic N) is 1. The maximum Gasteiger partial charge on any atom is 0.0928 e. The number of amidine groups is 1. The van der Waals surface area contributed by atoms with Gasteiger partial charge < -0.3 is 4.90 Å². The second-order valence-corrected chi connectivity index (χ2v) is 2.82. The maximum absolute atomic E-state index is 7.40. The molecule has 0 aliphatic carbocycles. The predicted molar refractivity (Wildman–Crippen MR) is 47.8 cm³/mol. The second kappa shape index (κ2) is 4.11. The van der Waals surface area contributed by atoms with Crippen LogP contribution in [0.5, 0.6) is 0 Å². The Hall–Kier alpha value is -1.03. The highest BCUT2D eigenvalue weighted by Gasteiger charge is 2.10. The van der Waals surface area contributed by atoms with E-state index in [1.807, 2.05) is 17.9 Å². The van der Waals surface area contributed by atoms with Crippen molar-refractivity contribution in [3.8, 4) is 0 Å². The summed E-state index contributed by atoms with van der Waals surface area (Å²) < 4.78 is 0. The van der Waals surface area contributed by atoms with Gasteiger partial charge in [-0.3, -0.25) is 15.7 Å². The van der Waals surface area contributed by atoms with Gasteiger partial charge >= 0.3 is 0 Å². The summed E-state index contributed by atoms with van der Waals surface area (Å²) in [6.07, 6.45) is 2.97. The summed E-state index contributed by atoms with van der Waals surface area (Å²) in [5.74, 6) is 0.628. The van der Waals surface area contributed by atoms with Crippen LogP contribution in [0.2, 0.25) is 0 Å². The summed E-state index contributed by atoms with van der Waals surface area (Å²) in [6.45, 7) is 3.52. The van der Waals surface area contributed by atoms with Gasteiger partial charge in [0.05, 0.1) is 12.9 Å². The third kappa shape index (κ3) is 2.23. The van der Waals surface area contributed by atoms with Crippen molar-refractivity contribution >= 4 is 5.84 Å². The summed E-state index contributed by atoms with van der Waals surface area (Å²) in [4.78, 5) is 6.80. The molecule has 0 atom stereocenters. The van der Waals surface area contributed by atoms with E-state index in [-0.39, 0.29) is 0 Å². The molecule has 0 aromatic rings. The fourth-order valence-electron chi connectivity index (χ4n) is 1.20. The van der Waals surface area contributed by atoms with Gasteiger partial charge in [-0.05, 0) is 13.0 Å². The third-order valence-electron chi connectivity index (χ3n) is 1.92. The quantitative estimate of drug-likeness (QED) is 0.364. The zero-order valence-corrected chi connectivity index (χ0v) is 7.55. The van der Waals surface area contributed by atoms with Crippen LogP contribution < -0.4 is 5.48 Å². The van der Waals surface area contributed by atoms with Crippen molar-refractivity contribution in [1.29, 1.82) is 5.41 Å². The molecule has 0 fully saturated rings. The van der Waals surface area contributed by atoms with Crippen molar-refractivity contribution in [3.63, 3.8) is 0 Å². The van der Waals surface area contributed by atoms with Crippen LogP contribution in [0.4, 0.5) is 0 Å². The van der Waals surface area contributed by atoms with E-state index in [0.29, 0.717) is 5.84 Å². The molecule has 2 N–H and O–H groups in total. The first-order chi connectivity index (χ1) is 5.74. The van der Waals surface area contributed by atoms with Gasteiger partial charge in [-0.15, -0.1) is 0 Å². The lowest BCUT2D eigenvalue weighted by atomic mass is 10.2. The molecule has 0 spiro atoms. The minimum absolute atomic E-state index is 0.628. The number of hydroxylamine groups is 1. The first-order valence-electron chi connectivity index (χ1n) is 4.02. The van der Waals surface area contributed by atoms with Crippen molar-refractivity contribution in [2.75, 3.05) is 20.2 Å². The smallest absolute Gasteiger partial charge is 0.0928 e. The fraction of sp³-hybridized carbons (Fsp3) is 0.625. The normalized spacial score (nSPS) is 17.2. The molecule has 0 radical (unpaired) electrons. The first kappa shape index (κ1) is 9.06. The van der Waals surface area contributed by atoms with Crippen LogP contribution in [-0.4, -0.2) is 30.9 Å². The van der Waals surface area contributed by atoms with Gasteiger partial charge in [0.2, 0.25) is 0 Å². The fourth-order valence-corrected chi connectivity index (χ4v) is 1.20. The Morgan fingerprint density at radius 1 is 1.75 bits per heavy atom.